The Kier molecular flexibility index (Phi) is 1.17. The molecule has 1 aliphatic heterocycles. The topological polar surface area (TPSA) is 26.0 Å². The molecule has 3 nitrogen and oxygen atoms in total. The van der Waals surface area contributed by atoms with Crippen molar-refractivity contribution in [3.63, 3.8) is 0 Å². The molecule has 0 fully saturated rings. The fraction of sp³-hybridized carbons (Fsp3) is 0.167. The third-order valence-corrected chi connectivity index (χ3v) is 3.12. The Balaban J connectivity index is 2.18. The van der Waals surface area contributed by atoms with E-state index in [1.165, 1.54) is 22.4 Å². The summed E-state index contributed by atoms with van der Waals surface area (Å²) in [5.74, 6) is 0.999. The van der Waals surface area contributed by atoms with Gasteiger partial charge in [-0.25, -0.2) is 0 Å². The maximum atomic E-state index is 5.66. The highest BCUT2D eigenvalue weighted by molar-refractivity contribution is 5.77. The van der Waals surface area contributed by atoms with Crippen LogP contribution in [0.1, 0.15) is 11.1 Å². The van der Waals surface area contributed by atoms with Crippen molar-refractivity contribution >= 4 is 0 Å². The van der Waals surface area contributed by atoms with Crippen molar-refractivity contribution in [3.8, 4) is 17.0 Å². The minimum atomic E-state index is 0.527. The number of aromatic nitrogens is 2. The molecular weight excluding hydrogens is 188 g/mol. The van der Waals surface area contributed by atoms with E-state index in [0.29, 0.717) is 6.73 Å². The average molecular weight is 197 g/mol. The lowest BCUT2D eigenvalue weighted by Gasteiger charge is -2.12. The number of benzene rings is 1. The highest BCUT2D eigenvalue weighted by Gasteiger charge is 2.35. The second-order valence-electron chi connectivity index (χ2n) is 3.95. The predicted octanol–water partition coefficient (Wildman–Crippen LogP) is 1.29. The van der Waals surface area contributed by atoms with Crippen molar-refractivity contribution in [2.24, 2.45) is 0 Å². The SMILES string of the molecule is c1cc2c3c(c1)OC[n+]1nccc(c1-3)C2. The van der Waals surface area contributed by atoms with Crippen LogP contribution in [0.2, 0.25) is 0 Å². The first kappa shape index (κ1) is 7.40. The van der Waals surface area contributed by atoms with Gasteiger partial charge in [0.2, 0.25) is 0 Å². The van der Waals surface area contributed by atoms with E-state index in [9.17, 15) is 0 Å². The Bertz CT molecular complexity index is 526. The molecule has 15 heavy (non-hydrogen) atoms. The van der Waals surface area contributed by atoms with E-state index in [0.717, 1.165) is 12.2 Å². The van der Waals surface area contributed by atoms with E-state index in [4.69, 9.17) is 4.74 Å². The second kappa shape index (κ2) is 2.37. The van der Waals surface area contributed by atoms with Crippen LogP contribution in [0.5, 0.6) is 5.75 Å². The fourth-order valence-corrected chi connectivity index (χ4v) is 2.49. The molecule has 72 valence electrons. The molecule has 0 saturated heterocycles. The second-order valence-corrected chi connectivity index (χ2v) is 3.95. The van der Waals surface area contributed by atoms with Crippen molar-refractivity contribution in [2.75, 3.05) is 0 Å². The van der Waals surface area contributed by atoms with Crippen LogP contribution >= 0.6 is 0 Å². The normalized spacial score (nSPS) is 14.7. The van der Waals surface area contributed by atoms with Gasteiger partial charge in [0.05, 0.1) is 11.8 Å². The molecule has 0 N–H and O–H groups in total. The van der Waals surface area contributed by atoms with Crippen LogP contribution in [0, 0.1) is 0 Å². The van der Waals surface area contributed by atoms with Gasteiger partial charge >= 0.3 is 6.73 Å². The standard InChI is InChI=1S/C12H9N2O/c1-2-8-6-9-4-5-13-14-7-15-10(3-1)11(8)12(9)14/h1-5H,6-7H2/q+1. The Labute approximate surface area is 86.9 Å². The number of hydrogen-bond acceptors (Lipinski definition) is 2. The summed E-state index contributed by atoms with van der Waals surface area (Å²) in [5.41, 5.74) is 5.20. The molecule has 4 rings (SSSR count). The lowest BCUT2D eigenvalue weighted by atomic mass is 10.1. The number of rotatable bonds is 0. The van der Waals surface area contributed by atoms with Crippen LogP contribution in [-0.2, 0) is 13.2 Å². The van der Waals surface area contributed by atoms with Gasteiger partial charge in [-0.05, 0) is 27.5 Å². The summed E-state index contributed by atoms with van der Waals surface area (Å²) in [7, 11) is 0. The van der Waals surface area contributed by atoms with Gasteiger partial charge < -0.3 is 4.74 Å². The van der Waals surface area contributed by atoms with Gasteiger partial charge in [0, 0.05) is 12.0 Å². The summed E-state index contributed by atoms with van der Waals surface area (Å²) in [5, 5.41) is 4.30. The highest BCUT2D eigenvalue weighted by atomic mass is 16.5. The van der Waals surface area contributed by atoms with Crippen LogP contribution in [-0.4, -0.2) is 5.10 Å². The number of hydrogen-bond donors (Lipinski definition) is 0. The van der Waals surface area contributed by atoms with Crippen molar-refractivity contribution in [1.29, 1.82) is 0 Å². The Morgan fingerprint density at radius 3 is 3.20 bits per heavy atom. The first-order valence-electron chi connectivity index (χ1n) is 5.06. The van der Waals surface area contributed by atoms with Gasteiger partial charge in [-0.2, -0.15) is 0 Å². The van der Waals surface area contributed by atoms with Crippen LogP contribution in [0.4, 0.5) is 0 Å². The van der Waals surface area contributed by atoms with Crippen LogP contribution < -0.4 is 9.42 Å². The molecule has 2 heterocycles. The Morgan fingerprint density at radius 1 is 1.20 bits per heavy atom. The van der Waals surface area contributed by atoms with E-state index in [-0.39, 0.29) is 0 Å². The molecule has 0 atom stereocenters. The molecule has 2 aliphatic rings. The molecule has 0 saturated carbocycles. The zero-order valence-electron chi connectivity index (χ0n) is 8.10. The molecule has 0 radical (unpaired) electrons. The predicted molar refractivity (Wildman–Crippen MR) is 53.3 cm³/mol. The summed E-state index contributed by atoms with van der Waals surface area (Å²) >= 11 is 0. The molecule has 0 spiro atoms. The lowest BCUT2D eigenvalue weighted by molar-refractivity contribution is -0.771. The van der Waals surface area contributed by atoms with Gasteiger partial charge in [0.1, 0.15) is 5.75 Å². The number of ether oxygens (including phenoxy) is 1. The van der Waals surface area contributed by atoms with Crippen LogP contribution in [0.15, 0.2) is 30.5 Å². The van der Waals surface area contributed by atoms with Gasteiger partial charge in [-0.15, -0.1) is 0 Å². The molecule has 1 aromatic carbocycles. The summed E-state index contributed by atoms with van der Waals surface area (Å²) in [6.07, 6.45) is 2.85. The maximum absolute atomic E-state index is 5.66. The minimum Gasteiger partial charge on any atom is -0.433 e. The van der Waals surface area contributed by atoms with Crippen LogP contribution in [0.25, 0.3) is 11.3 Å². The monoisotopic (exact) mass is 197 g/mol. The first-order valence-corrected chi connectivity index (χ1v) is 5.06. The largest absolute Gasteiger partial charge is 0.433 e. The molecule has 0 bridgehead atoms. The van der Waals surface area contributed by atoms with E-state index >= 15 is 0 Å². The molecule has 1 aliphatic carbocycles. The Hall–Kier alpha value is -1.90. The third kappa shape index (κ3) is 0.807. The quantitative estimate of drug-likeness (QED) is 0.507. The van der Waals surface area contributed by atoms with Gasteiger partial charge in [0.25, 0.3) is 5.69 Å². The summed E-state index contributed by atoms with van der Waals surface area (Å²) in [6.45, 7) is 0.527. The molecule has 3 heteroatoms. The van der Waals surface area contributed by atoms with Crippen LogP contribution in [0.3, 0.4) is 0 Å². The smallest absolute Gasteiger partial charge is 0.317 e. The van der Waals surface area contributed by atoms with Gasteiger partial charge in [-0.1, -0.05) is 12.1 Å². The fourth-order valence-electron chi connectivity index (χ4n) is 2.49. The van der Waals surface area contributed by atoms with Crippen molar-refractivity contribution in [2.45, 2.75) is 13.2 Å². The molecular formula is C12H9N2O+. The highest BCUT2D eigenvalue weighted by Crippen LogP contribution is 2.41. The summed E-state index contributed by atoms with van der Waals surface area (Å²) in [6, 6.07) is 8.35. The average Bonchev–Trinajstić information content (AvgIpc) is 2.66. The van der Waals surface area contributed by atoms with E-state index < -0.39 is 0 Å². The molecule has 0 unspecified atom stereocenters. The zero-order valence-corrected chi connectivity index (χ0v) is 8.10. The zero-order chi connectivity index (χ0) is 9.83. The van der Waals surface area contributed by atoms with E-state index in [1.54, 1.807) is 0 Å². The van der Waals surface area contributed by atoms with Crippen molar-refractivity contribution < 1.29 is 9.42 Å². The Morgan fingerprint density at radius 2 is 2.20 bits per heavy atom. The number of nitrogens with zero attached hydrogens (tertiary/aromatic N) is 2. The molecule has 0 amide bonds. The first-order chi connectivity index (χ1) is 7.43. The van der Waals surface area contributed by atoms with Crippen molar-refractivity contribution in [1.82, 2.24) is 5.10 Å². The third-order valence-electron chi connectivity index (χ3n) is 3.12. The summed E-state index contributed by atoms with van der Waals surface area (Å²) in [4.78, 5) is 0. The minimum absolute atomic E-state index is 0.527. The summed E-state index contributed by atoms with van der Waals surface area (Å²) < 4.78 is 7.60. The molecule has 1 aromatic heterocycles. The molecule has 2 aromatic rings. The maximum Gasteiger partial charge on any atom is 0.317 e. The van der Waals surface area contributed by atoms with E-state index in [2.05, 4.69) is 23.3 Å². The van der Waals surface area contributed by atoms with Gasteiger partial charge in [0.15, 0.2) is 0 Å². The lowest BCUT2D eigenvalue weighted by Crippen LogP contribution is -2.45. The van der Waals surface area contributed by atoms with Crippen molar-refractivity contribution in [3.05, 3.63) is 41.6 Å². The van der Waals surface area contributed by atoms with Gasteiger partial charge in [-0.3, -0.25) is 0 Å². The van der Waals surface area contributed by atoms with E-state index in [1.807, 2.05) is 16.9 Å².